The molecule has 0 aromatic carbocycles. The van der Waals surface area contributed by atoms with Crippen molar-refractivity contribution in [3.8, 4) is 0 Å². The van der Waals surface area contributed by atoms with Gasteiger partial charge in [-0.2, -0.15) is 0 Å². The Kier molecular flexibility index (Phi) is 3.85. The second-order valence-electron chi connectivity index (χ2n) is 5.46. The number of aromatic nitrogens is 1. The lowest BCUT2D eigenvalue weighted by Crippen LogP contribution is -2.32. The van der Waals surface area contributed by atoms with Gasteiger partial charge in [0.15, 0.2) is 0 Å². The SMILES string of the molecule is CC(C)(C)OC(=O)NCc1nc(Cl)cc2c1CNC2=O. The summed E-state index contributed by atoms with van der Waals surface area (Å²) in [6.45, 7) is 5.90. The molecule has 0 unspecified atom stereocenters. The Balaban J connectivity index is 2.10. The predicted molar refractivity (Wildman–Crippen MR) is 73.5 cm³/mol. The summed E-state index contributed by atoms with van der Waals surface area (Å²) in [4.78, 5) is 27.3. The average Bonchev–Trinajstić information content (AvgIpc) is 2.66. The zero-order chi connectivity index (χ0) is 14.9. The molecule has 108 valence electrons. The first kappa shape index (κ1) is 14.6. The first-order valence-electron chi connectivity index (χ1n) is 6.19. The first-order chi connectivity index (χ1) is 9.26. The Morgan fingerprint density at radius 1 is 1.55 bits per heavy atom. The van der Waals surface area contributed by atoms with E-state index in [9.17, 15) is 9.59 Å². The van der Waals surface area contributed by atoms with Crippen LogP contribution in [-0.2, 0) is 17.8 Å². The molecule has 0 bridgehead atoms. The van der Waals surface area contributed by atoms with Gasteiger partial charge in [0.1, 0.15) is 10.8 Å². The first-order valence-corrected chi connectivity index (χ1v) is 6.57. The third-order valence-electron chi connectivity index (χ3n) is 2.65. The van der Waals surface area contributed by atoms with Gasteiger partial charge >= 0.3 is 6.09 Å². The van der Waals surface area contributed by atoms with Crippen LogP contribution in [0.2, 0.25) is 5.15 Å². The molecule has 0 radical (unpaired) electrons. The Morgan fingerprint density at radius 3 is 2.90 bits per heavy atom. The van der Waals surface area contributed by atoms with E-state index < -0.39 is 11.7 Å². The van der Waals surface area contributed by atoms with E-state index in [0.717, 1.165) is 5.56 Å². The van der Waals surface area contributed by atoms with Gasteiger partial charge in [-0.3, -0.25) is 4.79 Å². The molecule has 0 aliphatic carbocycles. The van der Waals surface area contributed by atoms with Crippen molar-refractivity contribution in [2.24, 2.45) is 0 Å². The molecule has 2 amide bonds. The van der Waals surface area contributed by atoms with Gasteiger partial charge in [-0.15, -0.1) is 0 Å². The molecule has 2 rings (SSSR count). The summed E-state index contributed by atoms with van der Waals surface area (Å²) in [6.07, 6.45) is -0.537. The molecule has 7 heteroatoms. The molecule has 0 saturated carbocycles. The number of carbonyl (C=O) groups excluding carboxylic acids is 2. The maximum atomic E-state index is 11.6. The normalized spacial score (nSPS) is 13.7. The van der Waals surface area contributed by atoms with Gasteiger partial charge in [-0.25, -0.2) is 9.78 Å². The molecule has 2 N–H and O–H groups in total. The van der Waals surface area contributed by atoms with E-state index in [2.05, 4.69) is 15.6 Å². The van der Waals surface area contributed by atoms with Gasteiger partial charge in [0.25, 0.3) is 5.91 Å². The van der Waals surface area contributed by atoms with Gasteiger partial charge < -0.3 is 15.4 Å². The maximum Gasteiger partial charge on any atom is 0.407 e. The van der Waals surface area contributed by atoms with Gasteiger partial charge in [0.05, 0.1) is 12.2 Å². The van der Waals surface area contributed by atoms with Gasteiger partial charge in [-0.1, -0.05) is 11.6 Å². The van der Waals surface area contributed by atoms with E-state index in [0.29, 0.717) is 17.8 Å². The third-order valence-corrected chi connectivity index (χ3v) is 2.84. The number of pyridine rings is 1. The van der Waals surface area contributed by atoms with Crippen molar-refractivity contribution in [3.63, 3.8) is 0 Å². The molecular weight excluding hydrogens is 282 g/mol. The summed E-state index contributed by atoms with van der Waals surface area (Å²) >= 11 is 5.88. The molecule has 20 heavy (non-hydrogen) atoms. The molecule has 1 aromatic rings. The number of alkyl carbamates (subject to hydrolysis) is 1. The summed E-state index contributed by atoms with van der Waals surface area (Å²) in [6, 6.07) is 1.52. The minimum absolute atomic E-state index is 0.159. The lowest BCUT2D eigenvalue weighted by molar-refractivity contribution is 0.0522. The van der Waals surface area contributed by atoms with Crippen molar-refractivity contribution in [1.29, 1.82) is 0 Å². The highest BCUT2D eigenvalue weighted by molar-refractivity contribution is 6.29. The largest absolute Gasteiger partial charge is 0.444 e. The average molecular weight is 298 g/mol. The van der Waals surface area contributed by atoms with Gasteiger partial charge in [0, 0.05) is 17.7 Å². The summed E-state index contributed by atoms with van der Waals surface area (Å²) in [5, 5.41) is 5.53. The number of fused-ring (bicyclic) bond motifs is 1. The van der Waals surface area contributed by atoms with E-state index in [1.165, 1.54) is 6.07 Å². The van der Waals surface area contributed by atoms with Crippen molar-refractivity contribution in [3.05, 3.63) is 28.0 Å². The highest BCUT2D eigenvalue weighted by atomic mass is 35.5. The molecule has 0 saturated heterocycles. The highest BCUT2D eigenvalue weighted by Gasteiger charge is 2.24. The quantitative estimate of drug-likeness (QED) is 0.818. The molecule has 0 atom stereocenters. The minimum atomic E-state index is -0.564. The van der Waals surface area contributed by atoms with Crippen molar-refractivity contribution in [2.75, 3.05) is 0 Å². The number of amides is 2. The Hall–Kier alpha value is -1.82. The summed E-state index contributed by atoms with van der Waals surface area (Å²) in [7, 11) is 0. The number of carbonyl (C=O) groups is 2. The zero-order valence-corrected chi connectivity index (χ0v) is 12.3. The van der Waals surface area contributed by atoms with Crippen molar-refractivity contribution >= 4 is 23.6 Å². The van der Waals surface area contributed by atoms with Crippen molar-refractivity contribution in [2.45, 2.75) is 39.5 Å². The van der Waals surface area contributed by atoms with Crippen molar-refractivity contribution < 1.29 is 14.3 Å². The summed E-state index contributed by atoms with van der Waals surface area (Å²) in [5.74, 6) is -0.178. The van der Waals surface area contributed by atoms with Crippen LogP contribution < -0.4 is 10.6 Å². The Labute approximate surface area is 121 Å². The van der Waals surface area contributed by atoms with Gasteiger partial charge in [0.2, 0.25) is 0 Å². The monoisotopic (exact) mass is 297 g/mol. The number of ether oxygens (including phenoxy) is 1. The van der Waals surface area contributed by atoms with E-state index in [4.69, 9.17) is 16.3 Å². The van der Waals surface area contributed by atoms with Crippen LogP contribution in [0.15, 0.2) is 6.07 Å². The lowest BCUT2D eigenvalue weighted by Gasteiger charge is -2.19. The number of hydrogen-bond donors (Lipinski definition) is 2. The molecule has 1 aliphatic rings. The molecule has 1 aliphatic heterocycles. The van der Waals surface area contributed by atoms with Crippen LogP contribution in [-0.4, -0.2) is 22.6 Å². The van der Waals surface area contributed by atoms with Crippen LogP contribution >= 0.6 is 11.6 Å². The van der Waals surface area contributed by atoms with E-state index in [1.54, 1.807) is 20.8 Å². The molecule has 6 nitrogen and oxygen atoms in total. The molecule has 1 aromatic heterocycles. The number of hydrogen-bond acceptors (Lipinski definition) is 4. The molecule has 0 spiro atoms. The lowest BCUT2D eigenvalue weighted by atomic mass is 10.1. The Bertz CT molecular complexity index is 567. The number of halogens is 1. The Morgan fingerprint density at radius 2 is 2.25 bits per heavy atom. The van der Waals surface area contributed by atoms with E-state index in [1.807, 2.05) is 0 Å². The molecule has 0 fully saturated rings. The number of nitrogens with one attached hydrogen (secondary N) is 2. The van der Waals surface area contributed by atoms with E-state index in [-0.39, 0.29) is 17.6 Å². The van der Waals surface area contributed by atoms with Crippen LogP contribution in [0.1, 0.15) is 42.4 Å². The maximum absolute atomic E-state index is 11.6. The second-order valence-corrected chi connectivity index (χ2v) is 5.84. The van der Waals surface area contributed by atoms with Crippen LogP contribution in [0.4, 0.5) is 4.79 Å². The molecular formula is C13H16ClN3O3. The number of rotatable bonds is 2. The zero-order valence-electron chi connectivity index (χ0n) is 11.5. The third kappa shape index (κ3) is 3.39. The van der Waals surface area contributed by atoms with Gasteiger partial charge in [-0.05, 0) is 26.8 Å². The fourth-order valence-electron chi connectivity index (χ4n) is 1.87. The summed E-state index contributed by atoms with van der Waals surface area (Å²) in [5.41, 5.74) is 1.27. The highest BCUT2D eigenvalue weighted by Crippen LogP contribution is 2.22. The summed E-state index contributed by atoms with van der Waals surface area (Å²) < 4.78 is 5.14. The van der Waals surface area contributed by atoms with Crippen LogP contribution in [0, 0.1) is 0 Å². The topological polar surface area (TPSA) is 80.3 Å². The minimum Gasteiger partial charge on any atom is -0.444 e. The standard InChI is InChI=1S/C13H16ClN3O3/c1-13(2,3)20-12(19)16-6-9-8-5-15-11(18)7(8)4-10(14)17-9/h4H,5-6H2,1-3H3,(H,15,18)(H,16,19). The number of nitrogens with zero attached hydrogens (tertiary/aromatic N) is 1. The smallest absolute Gasteiger partial charge is 0.407 e. The van der Waals surface area contributed by atoms with Crippen LogP contribution in [0.3, 0.4) is 0 Å². The van der Waals surface area contributed by atoms with Crippen LogP contribution in [0.25, 0.3) is 0 Å². The predicted octanol–water partition coefficient (Wildman–Crippen LogP) is 2.00. The fraction of sp³-hybridized carbons (Fsp3) is 0.462. The fourth-order valence-corrected chi connectivity index (χ4v) is 2.08. The van der Waals surface area contributed by atoms with Crippen molar-refractivity contribution in [1.82, 2.24) is 15.6 Å². The van der Waals surface area contributed by atoms with Crippen LogP contribution in [0.5, 0.6) is 0 Å². The van der Waals surface area contributed by atoms with E-state index >= 15 is 0 Å². The molecule has 2 heterocycles. The second kappa shape index (κ2) is 5.28.